The number of nitrogens with one attached hydrogen (secondary N) is 2. The van der Waals surface area contributed by atoms with Gasteiger partial charge in [0.15, 0.2) is 5.96 Å². The van der Waals surface area contributed by atoms with Crippen LogP contribution in [-0.4, -0.2) is 63.4 Å². The lowest BCUT2D eigenvalue weighted by Crippen LogP contribution is -2.51. The highest BCUT2D eigenvalue weighted by molar-refractivity contribution is 14.0. The van der Waals surface area contributed by atoms with Crippen molar-refractivity contribution in [2.45, 2.75) is 52.0 Å². The molecule has 2 N–H and O–H groups in total. The van der Waals surface area contributed by atoms with Crippen molar-refractivity contribution in [1.82, 2.24) is 15.5 Å². The van der Waals surface area contributed by atoms with Gasteiger partial charge in [0.25, 0.3) is 0 Å². The molecule has 0 spiro atoms. The second kappa shape index (κ2) is 13.0. The second-order valence-corrected chi connectivity index (χ2v) is 8.91. The number of carbonyl (C=O) groups is 1. The van der Waals surface area contributed by atoms with Crippen molar-refractivity contribution >= 4 is 36.0 Å². The van der Waals surface area contributed by atoms with Gasteiger partial charge in [-0.3, -0.25) is 4.99 Å². The lowest BCUT2D eigenvalue weighted by atomic mass is 9.84. The molecule has 1 saturated heterocycles. The van der Waals surface area contributed by atoms with E-state index in [4.69, 9.17) is 9.47 Å². The van der Waals surface area contributed by atoms with Crippen molar-refractivity contribution in [3.8, 4) is 5.75 Å². The number of methoxy groups -OCH3 is 1. The number of amides is 1. The van der Waals surface area contributed by atoms with E-state index < -0.39 is 0 Å². The molecule has 7 nitrogen and oxygen atoms in total. The zero-order valence-electron chi connectivity index (χ0n) is 19.7. The van der Waals surface area contributed by atoms with Gasteiger partial charge in [0.1, 0.15) is 5.75 Å². The molecule has 1 fully saturated rings. The number of benzene rings is 1. The maximum absolute atomic E-state index is 11.6. The molecule has 31 heavy (non-hydrogen) atoms. The van der Waals surface area contributed by atoms with Gasteiger partial charge in [0.2, 0.25) is 0 Å². The summed E-state index contributed by atoms with van der Waals surface area (Å²) in [6.07, 6.45) is 1.49. The summed E-state index contributed by atoms with van der Waals surface area (Å²) in [6.45, 7) is 11.6. The van der Waals surface area contributed by atoms with E-state index in [1.54, 1.807) is 11.9 Å². The molecule has 1 heterocycles. The Morgan fingerprint density at radius 1 is 1.23 bits per heavy atom. The largest absolute Gasteiger partial charge is 0.493 e. The minimum Gasteiger partial charge on any atom is -0.493 e. The smallest absolute Gasteiger partial charge is 0.409 e. The van der Waals surface area contributed by atoms with Crippen LogP contribution in [0.1, 0.15) is 46.1 Å². The predicted molar refractivity (Wildman–Crippen MR) is 137 cm³/mol. The van der Waals surface area contributed by atoms with Crippen LogP contribution in [0.4, 0.5) is 4.79 Å². The molecule has 1 aromatic carbocycles. The highest BCUT2D eigenvalue weighted by atomic mass is 127. The number of guanidine groups is 1. The van der Waals surface area contributed by atoms with Crippen LogP contribution in [0.2, 0.25) is 0 Å². The first kappa shape index (κ1) is 27.3. The molecule has 176 valence electrons. The van der Waals surface area contributed by atoms with Gasteiger partial charge >= 0.3 is 6.09 Å². The summed E-state index contributed by atoms with van der Waals surface area (Å²) in [5, 5.41) is 6.94. The molecule has 0 aromatic heterocycles. The topological polar surface area (TPSA) is 75.2 Å². The third-order valence-electron chi connectivity index (χ3n) is 5.41. The lowest BCUT2D eigenvalue weighted by molar-refractivity contribution is 0.111. The van der Waals surface area contributed by atoms with Crippen LogP contribution >= 0.6 is 24.0 Å². The molecule has 1 aromatic rings. The van der Waals surface area contributed by atoms with Crippen molar-refractivity contribution in [1.29, 1.82) is 0 Å². The summed E-state index contributed by atoms with van der Waals surface area (Å²) in [7, 11) is 3.21. The minimum atomic E-state index is -0.252. The maximum Gasteiger partial charge on any atom is 0.409 e. The molecule has 0 atom stereocenters. The highest BCUT2D eigenvalue weighted by Gasteiger charge is 2.25. The summed E-state index contributed by atoms with van der Waals surface area (Å²) in [5.41, 5.74) is 1.18. The number of carbonyl (C=O) groups excluding carboxylic acids is 1. The fourth-order valence-corrected chi connectivity index (χ4v) is 3.40. The number of piperidine rings is 1. The van der Waals surface area contributed by atoms with E-state index in [9.17, 15) is 4.79 Å². The van der Waals surface area contributed by atoms with Crippen molar-refractivity contribution in [2.75, 3.05) is 40.4 Å². The van der Waals surface area contributed by atoms with E-state index in [2.05, 4.69) is 55.5 Å². The average molecular weight is 546 g/mol. The maximum atomic E-state index is 11.6. The first-order valence-electron chi connectivity index (χ1n) is 10.8. The molecule has 1 aliphatic heterocycles. The first-order valence-corrected chi connectivity index (χ1v) is 10.8. The van der Waals surface area contributed by atoms with Gasteiger partial charge in [-0.25, -0.2) is 4.79 Å². The Morgan fingerprint density at radius 3 is 2.35 bits per heavy atom. The molecule has 1 amide bonds. The molecular formula is C23H39IN4O3. The van der Waals surface area contributed by atoms with Gasteiger partial charge in [0.05, 0.1) is 13.7 Å². The van der Waals surface area contributed by atoms with Crippen molar-refractivity contribution in [3.63, 3.8) is 0 Å². The fraction of sp³-hybridized carbons (Fsp3) is 0.652. The highest BCUT2D eigenvalue weighted by Crippen LogP contribution is 2.25. The summed E-state index contributed by atoms with van der Waals surface area (Å²) in [4.78, 5) is 17.7. The van der Waals surface area contributed by atoms with Crippen LogP contribution in [0.3, 0.4) is 0 Å². The molecule has 0 aliphatic carbocycles. The van der Waals surface area contributed by atoms with E-state index in [0.29, 0.717) is 19.0 Å². The van der Waals surface area contributed by atoms with E-state index in [0.717, 1.165) is 37.7 Å². The number of nitrogens with zero attached hydrogens (tertiary/aromatic N) is 2. The summed E-state index contributed by atoms with van der Waals surface area (Å²) < 4.78 is 10.6. The van der Waals surface area contributed by atoms with Crippen LogP contribution < -0.4 is 15.4 Å². The quantitative estimate of drug-likeness (QED) is 0.307. The first-order chi connectivity index (χ1) is 14.2. The van der Waals surface area contributed by atoms with Crippen LogP contribution in [0.5, 0.6) is 5.75 Å². The van der Waals surface area contributed by atoms with E-state index in [1.807, 2.05) is 12.1 Å². The average Bonchev–Trinajstić information content (AvgIpc) is 2.75. The summed E-state index contributed by atoms with van der Waals surface area (Å²) >= 11 is 0. The second-order valence-electron chi connectivity index (χ2n) is 8.91. The lowest BCUT2D eigenvalue weighted by Gasteiger charge is -2.33. The van der Waals surface area contributed by atoms with E-state index >= 15 is 0 Å². The van der Waals surface area contributed by atoms with Gasteiger partial charge in [-0.05, 0) is 36.5 Å². The standard InChI is InChI=1S/C23H38N4O3.HI/c1-17(2)15-30-20-9-7-18(8-10-20)23(3,4)16-25-21(24-5)26-19-11-13-27(14-12-19)22(28)29-6;/h7-10,17,19H,11-16H2,1-6H3,(H2,24,25,26);1H. The van der Waals surface area contributed by atoms with Crippen molar-refractivity contribution in [3.05, 3.63) is 29.8 Å². The molecule has 8 heteroatoms. The number of rotatable bonds is 7. The minimum absolute atomic E-state index is 0. The number of hydrogen-bond acceptors (Lipinski definition) is 4. The fourth-order valence-electron chi connectivity index (χ4n) is 3.40. The van der Waals surface area contributed by atoms with Gasteiger partial charge in [-0.2, -0.15) is 0 Å². The molecule has 0 saturated carbocycles. The normalized spacial score (nSPS) is 15.3. The molecule has 0 radical (unpaired) electrons. The number of likely N-dealkylation sites (tertiary alicyclic amines) is 1. The number of ether oxygens (including phenoxy) is 2. The van der Waals surface area contributed by atoms with Gasteiger partial charge in [-0.15, -0.1) is 24.0 Å². The van der Waals surface area contributed by atoms with Gasteiger partial charge < -0.3 is 25.0 Å². The van der Waals surface area contributed by atoms with Crippen LogP contribution in [0.15, 0.2) is 29.3 Å². The number of halogens is 1. The molecule has 2 rings (SSSR count). The van der Waals surface area contributed by atoms with E-state index in [1.165, 1.54) is 12.7 Å². The zero-order valence-corrected chi connectivity index (χ0v) is 22.1. The number of hydrogen-bond donors (Lipinski definition) is 2. The van der Waals surface area contributed by atoms with Crippen LogP contribution in [-0.2, 0) is 10.2 Å². The third kappa shape index (κ3) is 8.74. The Bertz CT molecular complexity index is 699. The van der Waals surface area contributed by atoms with Crippen LogP contribution in [0.25, 0.3) is 0 Å². The van der Waals surface area contributed by atoms with Crippen molar-refractivity contribution < 1.29 is 14.3 Å². The molecule has 0 unspecified atom stereocenters. The Morgan fingerprint density at radius 2 is 1.84 bits per heavy atom. The summed E-state index contributed by atoms with van der Waals surface area (Å²) in [5.74, 6) is 2.21. The van der Waals surface area contributed by atoms with Gasteiger partial charge in [0, 0.05) is 38.1 Å². The zero-order chi connectivity index (χ0) is 22.1. The summed E-state index contributed by atoms with van der Waals surface area (Å²) in [6, 6.07) is 8.65. The Hall–Kier alpha value is -1.71. The predicted octanol–water partition coefficient (Wildman–Crippen LogP) is 4.01. The molecule has 0 bridgehead atoms. The monoisotopic (exact) mass is 546 g/mol. The Balaban J connectivity index is 0.00000480. The molecular weight excluding hydrogens is 507 g/mol. The van der Waals surface area contributed by atoms with Gasteiger partial charge in [-0.1, -0.05) is 39.8 Å². The van der Waals surface area contributed by atoms with Crippen molar-refractivity contribution in [2.24, 2.45) is 10.9 Å². The Labute approximate surface area is 204 Å². The third-order valence-corrected chi connectivity index (χ3v) is 5.41. The SMILES string of the molecule is CN=C(NCC(C)(C)c1ccc(OCC(C)C)cc1)NC1CCN(C(=O)OC)CC1.I. The van der Waals surface area contributed by atoms with Crippen LogP contribution in [0, 0.1) is 5.92 Å². The number of aliphatic imine (C=N–C) groups is 1. The molecule has 1 aliphatic rings. The Kier molecular flexibility index (Phi) is 11.4. The van der Waals surface area contributed by atoms with E-state index in [-0.39, 0.29) is 41.5 Å².